The Bertz CT molecular complexity index is 328. The van der Waals surface area contributed by atoms with Gasteiger partial charge in [0.25, 0.3) is 0 Å². The molecule has 3 nitrogen and oxygen atoms in total. The van der Waals surface area contributed by atoms with Crippen molar-refractivity contribution in [2.75, 3.05) is 6.54 Å². The first-order valence-electron chi connectivity index (χ1n) is 4.51. The van der Waals surface area contributed by atoms with Crippen molar-refractivity contribution in [1.82, 2.24) is 0 Å². The molecule has 0 fully saturated rings. The molecule has 0 spiro atoms. The summed E-state index contributed by atoms with van der Waals surface area (Å²) in [7, 11) is 0. The highest BCUT2D eigenvalue weighted by atomic mass is 79.9. The highest BCUT2D eigenvalue weighted by molar-refractivity contribution is 9.10. The summed E-state index contributed by atoms with van der Waals surface area (Å²) in [6.45, 7) is 2.36. The molecule has 1 aromatic carbocycles. The molecular formula is C10H15BrN2O. The molecule has 0 saturated carbocycles. The highest BCUT2D eigenvalue weighted by Crippen LogP contribution is 2.34. The third-order valence-electron chi connectivity index (χ3n) is 2.21. The summed E-state index contributed by atoms with van der Waals surface area (Å²) < 4.78 is 0.835. The second kappa shape index (κ2) is 4.77. The Kier molecular flexibility index (Phi) is 3.92. The summed E-state index contributed by atoms with van der Waals surface area (Å²) in [6.07, 6.45) is 0.662. The molecule has 0 heterocycles. The number of phenols is 1. The molecule has 1 atom stereocenters. The maximum atomic E-state index is 9.82. The predicted molar refractivity (Wildman–Crippen MR) is 61.1 cm³/mol. The summed E-state index contributed by atoms with van der Waals surface area (Å²) in [5, 5.41) is 9.82. The minimum atomic E-state index is -0.214. The van der Waals surface area contributed by atoms with Crippen molar-refractivity contribution in [2.45, 2.75) is 19.4 Å². The zero-order chi connectivity index (χ0) is 10.7. The van der Waals surface area contributed by atoms with Crippen LogP contribution in [0.15, 0.2) is 16.6 Å². The van der Waals surface area contributed by atoms with Crippen molar-refractivity contribution >= 4 is 15.9 Å². The van der Waals surface area contributed by atoms with Gasteiger partial charge in [0.15, 0.2) is 0 Å². The molecule has 0 unspecified atom stereocenters. The van der Waals surface area contributed by atoms with Crippen molar-refractivity contribution in [1.29, 1.82) is 0 Å². The Morgan fingerprint density at radius 3 is 2.71 bits per heavy atom. The third kappa shape index (κ3) is 2.26. The molecular weight excluding hydrogens is 244 g/mol. The molecule has 0 amide bonds. The molecule has 1 rings (SSSR count). The summed E-state index contributed by atoms with van der Waals surface area (Å²) in [4.78, 5) is 0. The molecule has 1 aromatic rings. The highest BCUT2D eigenvalue weighted by Gasteiger charge is 2.15. The number of aromatic hydroxyl groups is 1. The molecule has 0 bridgehead atoms. The van der Waals surface area contributed by atoms with E-state index in [1.165, 1.54) is 0 Å². The Hall–Kier alpha value is -0.580. The Balaban J connectivity index is 3.11. The first kappa shape index (κ1) is 11.5. The van der Waals surface area contributed by atoms with Crippen LogP contribution in [0.4, 0.5) is 0 Å². The molecule has 0 aliphatic rings. The van der Waals surface area contributed by atoms with E-state index in [4.69, 9.17) is 11.5 Å². The topological polar surface area (TPSA) is 72.3 Å². The number of halogens is 1. The Morgan fingerprint density at radius 1 is 1.50 bits per heavy atom. The zero-order valence-corrected chi connectivity index (χ0v) is 9.71. The molecule has 0 radical (unpaired) electrons. The van der Waals surface area contributed by atoms with Crippen LogP contribution < -0.4 is 11.5 Å². The van der Waals surface area contributed by atoms with Crippen LogP contribution in [0.2, 0.25) is 0 Å². The fraction of sp³-hybridized carbons (Fsp3) is 0.400. The van der Waals surface area contributed by atoms with Crippen LogP contribution in [0.3, 0.4) is 0 Å². The predicted octanol–water partition coefficient (Wildman–Crippen LogP) is 1.81. The smallest absolute Gasteiger partial charge is 0.124 e. The lowest BCUT2D eigenvalue weighted by atomic mass is 10.0. The molecule has 78 valence electrons. The van der Waals surface area contributed by atoms with E-state index in [1.807, 2.05) is 19.1 Å². The maximum absolute atomic E-state index is 9.82. The molecule has 0 saturated heterocycles. The number of hydrogen-bond donors (Lipinski definition) is 3. The average molecular weight is 259 g/mol. The van der Waals surface area contributed by atoms with Gasteiger partial charge in [-0.3, -0.25) is 0 Å². The van der Waals surface area contributed by atoms with Crippen LogP contribution in [0.1, 0.15) is 23.6 Å². The number of nitrogens with two attached hydrogens (primary N) is 2. The van der Waals surface area contributed by atoms with Crippen molar-refractivity contribution in [3.8, 4) is 5.75 Å². The van der Waals surface area contributed by atoms with Crippen molar-refractivity contribution < 1.29 is 5.11 Å². The van der Waals surface area contributed by atoms with E-state index in [2.05, 4.69) is 15.9 Å². The monoisotopic (exact) mass is 258 g/mol. The van der Waals surface area contributed by atoms with Crippen LogP contribution in [0.5, 0.6) is 5.75 Å². The van der Waals surface area contributed by atoms with E-state index in [0.717, 1.165) is 15.6 Å². The van der Waals surface area contributed by atoms with E-state index >= 15 is 0 Å². The van der Waals surface area contributed by atoms with Gasteiger partial charge in [-0.05, 0) is 31.5 Å². The summed E-state index contributed by atoms with van der Waals surface area (Å²) in [5.74, 6) is 0.264. The van der Waals surface area contributed by atoms with E-state index in [-0.39, 0.29) is 11.8 Å². The molecule has 5 N–H and O–H groups in total. The number of hydrogen-bond acceptors (Lipinski definition) is 3. The van der Waals surface area contributed by atoms with Crippen LogP contribution in [0, 0.1) is 6.92 Å². The van der Waals surface area contributed by atoms with Gasteiger partial charge in [-0.15, -0.1) is 0 Å². The lowest BCUT2D eigenvalue weighted by Gasteiger charge is -2.15. The van der Waals surface area contributed by atoms with Gasteiger partial charge in [0.05, 0.1) is 0 Å². The first-order chi connectivity index (χ1) is 6.57. The lowest BCUT2D eigenvalue weighted by Crippen LogP contribution is -2.16. The van der Waals surface area contributed by atoms with Crippen molar-refractivity contribution in [3.63, 3.8) is 0 Å². The summed E-state index contributed by atoms with van der Waals surface area (Å²) in [5.41, 5.74) is 12.9. The average Bonchev–Trinajstić information content (AvgIpc) is 2.13. The number of benzene rings is 1. The third-order valence-corrected chi connectivity index (χ3v) is 2.91. The second-order valence-electron chi connectivity index (χ2n) is 3.31. The lowest BCUT2D eigenvalue weighted by molar-refractivity contribution is 0.454. The minimum Gasteiger partial charge on any atom is -0.507 e. The van der Waals surface area contributed by atoms with E-state index < -0.39 is 0 Å². The first-order valence-corrected chi connectivity index (χ1v) is 5.30. The SMILES string of the molecule is Cc1ccc(Br)c([C@@H](N)CCN)c1O. The van der Waals surface area contributed by atoms with Gasteiger partial charge in [-0.2, -0.15) is 0 Å². The summed E-state index contributed by atoms with van der Waals surface area (Å²) >= 11 is 3.37. The van der Waals surface area contributed by atoms with Gasteiger partial charge in [-0.1, -0.05) is 22.0 Å². The summed E-state index contributed by atoms with van der Waals surface area (Å²) in [6, 6.07) is 3.52. The Labute approximate surface area is 92.2 Å². The fourth-order valence-corrected chi connectivity index (χ4v) is 1.98. The number of aryl methyl sites for hydroxylation is 1. The van der Waals surface area contributed by atoms with E-state index in [1.54, 1.807) is 0 Å². The van der Waals surface area contributed by atoms with Crippen LogP contribution in [0.25, 0.3) is 0 Å². The molecule has 0 aliphatic carbocycles. The van der Waals surface area contributed by atoms with Gasteiger partial charge in [-0.25, -0.2) is 0 Å². The maximum Gasteiger partial charge on any atom is 0.124 e. The number of rotatable bonds is 3. The zero-order valence-electron chi connectivity index (χ0n) is 8.13. The molecule has 0 aliphatic heterocycles. The standard InChI is InChI=1S/C10H15BrN2O/c1-6-2-3-7(11)9(10(6)14)8(13)4-5-12/h2-3,8,14H,4-5,12-13H2,1H3/t8-/m0/s1. The van der Waals surface area contributed by atoms with Gasteiger partial charge >= 0.3 is 0 Å². The van der Waals surface area contributed by atoms with E-state index in [9.17, 15) is 5.11 Å². The van der Waals surface area contributed by atoms with Gasteiger partial charge in [0.2, 0.25) is 0 Å². The molecule has 14 heavy (non-hydrogen) atoms. The second-order valence-corrected chi connectivity index (χ2v) is 4.16. The minimum absolute atomic E-state index is 0.214. The largest absolute Gasteiger partial charge is 0.507 e. The normalized spacial score (nSPS) is 12.9. The van der Waals surface area contributed by atoms with Crippen molar-refractivity contribution in [3.05, 3.63) is 27.7 Å². The van der Waals surface area contributed by atoms with Crippen LogP contribution in [-0.4, -0.2) is 11.7 Å². The van der Waals surface area contributed by atoms with Gasteiger partial charge in [0, 0.05) is 16.1 Å². The van der Waals surface area contributed by atoms with E-state index in [0.29, 0.717) is 13.0 Å². The van der Waals surface area contributed by atoms with Crippen LogP contribution >= 0.6 is 15.9 Å². The van der Waals surface area contributed by atoms with Gasteiger partial charge < -0.3 is 16.6 Å². The Morgan fingerprint density at radius 2 is 2.14 bits per heavy atom. The van der Waals surface area contributed by atoms with Gasteiger partial charge in [0.1, 0.15) is 5.75 Å². The van der Waals surface area contributed by atoms with Crippen molar-refractivity contribution in [2.24, 2.45) is 11.5 Å². The quantitative estimate of drug-likeness (QED) is 0.775. The molecule has 4 heteroatoms. The fourth-order valence-electron chi connectivity index (χ4n) is 1.37. The molecule has 0 aromatic heterocycles. The number of phenolic OH excluding ortho intramolecular Hbond substituents is 1. The van der Waals surface area contributed by atoms with Crippen LogP contribution in [-0.2, 0) is 0 Å².